The lowest BCUT2D eigenvalue weighted by Crippen LogP contribution is -2.14. The largest absolute Gasteiger partial charge is 0.512 e. The average Bonchev–Trinajstić information content (AvgIpc) is 2.57. The molecule has 7 heteroatoms. The Kier molecular flexibility index (Phi) is 5.41. The summed E-state index contributed by atoms with van der Waals surface area (Å²) in [5.41, 5.74) is 1.16. The third-order valence-electron chi connectivity index (χ3n) is 4.15. The average molecular weight is 375 g/mol. The molecule has 0 aliphatic carbocycles. The molecule has 0 radical (unpaired) electrons. The number of phenolic OH excluding ortho intramolecular Hbond substituents is 1. The van der Waals surface area contributed by atoms with Crippen LogP contribution in [0, 0.1) is 13.8 Å². The smallest absolute Gasteiger partial charge is 0.261 e. The van der Waals surface area contributed by atoms with E-state index in [2.05, 4.69) is 4.72 Å². The summed E-state index contributed by atoms with van der Waals surface area (Å²) in [6.07, 6.45) is 0. The van der Waals surface area contributed by atoms with Crippen LogP contribution in [0.2, 0.25) is 0 Å². The molecular formula is C19H21NO5S. The van der Waals surface area contributed by atoms with Gasteiger partial charge >= 0.3 is 0 Å². The molecule has 0 aromatic heterocycles. The fraction of sp³-hybridized carbons (Fsp3) is 0.211. The predicted octanol–water partition coefficient (Wildman–Crippen LogP) is 3.69. The summed E-state index contributed by atoms with van der Waals surface area (Å²) in [4.78, 5) is 12.0. The minimum atomic E-state index is -3.84. The molecule has 0 unspecified atom stereocenters. The van der Waals surface area contributed by atoms with Crippen molar-refractivity contribution in [2.24, 2.45) is 0 Å². The number of nitrogens with one attached hydrogen (secondary N) is 1. The molecular weight excluding hydrogens is 354 g/mol. The van der Waals surface area contributed by atoms with Gasteiger partial charge in [-0.2, -0.15) is 0 Å². The molecule has 0 aliphatic rings. The zero-order valence-corrected chi connectivity index (χ0v) is 15.8. The van der Waals surface area contributed by atoms with Gasteiger partial charge in [-0.05, 0) is 57.0 Å². The van der Waals surface area contributed by atoms with E-state index in [4.69, 9.17) is 0 Å². The summed E-state index contributed by atoms with van der Waals surface area (Å²) >= 11 is 0. The molecule has 0 heterocycles. The minimum absolute atomic E-state index is 0.0641. The maximum atomic E-state index is 12.6. The first-order chi connectivity index (χ1) is 12.1. The van der Waals surface area contributed by atoms with Crippen LogP contribution >= 0.6 is 0 Å². The van der Waals surface area contributed by atoms with Crippen LogP contribution in [-0.2, 0) is 14.8 Å². The molecule has 2 rings (SSSR count). The Morgan fingerprint density at radius 1 is 1.04 bits per heavy atom. The number of hydrogen-bond donors (Lipinski definition) is 3. The van der Waals surface area contributed by atoms with Crippen LogP contribution in [0.5, 0.6) is 5.75 Å². The van der Waals surface area contributed by atoms with Crippen LogP contribution in [0.1, 0.15) is 30.5 Å². The lowest BCUT2D eigenvalue weighted by atomic mass is 9.94. The van der Waals surface area contributed by atoms with Crippen LogP contribution < -0.4 is 4.72 Å². The Morgan fingerprint density at radius 2 is 1.62 bits per heavy atom. The zero-order valence-electron chi connectivity index (χ0n) is 15.0. The third-order valence-corrected chi connectivity index (χ3v) is 5.53. The van der Waals surface area contributed by atoms with Gasteiger partial charge in [0.05, 0.1) is 16.2 Å². The summed E-state index contributed by atoms with van der Waals surface area (Å²) in [5.74, 6) is -0.878. The van der Waals surface area contributed by atoms with Gasteiger partial charge in [-0.15, -0.1) is 0 Å². The number of aromatic hydroxyl groups is 1. The number of sulfonamides is 1. The van der Waals surface area contributed by atoms with E-state index in [-0.39, 0.29) is 33.2 Å². The second-order valence-corrected chi connectivity index (χ2v) is 7.69. The number of rotatable bonds is 5. The molecule has 0 bridgehead atoms. The zero-order chi connectivity index (χ0) is 19.6. The van der Waals surface area contributed by atoms with Gasteiger partial charge in [0.25, 0.3) is 10.0 Å². The minimum Gasteiger partial charge on any atom is -0.512 e. The fourth-order valence-electron chi connectivity index (χ4n) is 2.64. The molecule has 0 saturated heterocycles. The standard InChI is InChI=1S/C19H21NO5S/c1-11-12(2)19(23)16(18(13(3)21)14(4)22)10-17(11)20-26(24,25)15-8-6-5-7-9-15/h5-10,20-21,23H,1-4H3. The van der Waals surface area contributed by atoms with E-state index in [1.807, 2.05) is 0 Å². The van der Waals surface area contributed by atoms with Gasteiger partial charge in [-0.25, -0.2) is 8.42 Å². The lowest BCUT2D eigenvalue weighted by Gasteiger charge is -2.17. The van der Waals surface area contributed by atoms with Crippen molar-refractivity contribution in [3.8, 4) is 5.75 Å². The third kappa shape index (κ3) is 3.72. The first-order valence-corrected chi connectivity index (χ1v) is 9.36. The highest BCUT2D eigenvalue weighted by molar-refractivity contribution is 7.92. The van der Waals surface area contributed by atoms with E-state index >= 15 is 0 Å². The molecule has 6 nitrogen and oxygen atoms in total. The predicted molar refractivity (Wildman–Crippen MR) is 101 cm³/mol. The maximum Gasteiger partial charge on any atom is 0.261 e. The molecule has 26 heavy (non-hydrogen) atoms. The molecule has 0 atom stereocenters. The monoisotopic (exact) mass is 375 g/mol. The van der Waals surface area contributed by atoms with Crippen LogP contribution in [0.15, 0.2) is 47.1 Å². The molecule has 2 aromatic rings. The molecule has 0 fully saturated rings. The van der Waals surface area contributed by atoms with Gasteiger partial charge in [0, 0.05) is 5.56 Å². The van der Waals surface area contributed by atoms with Gasteiger partial charge in [0.1, 0.15) is 11.5 Å². The quantitative estimate of drug-likeness (QED) is 0.420. The normalized spacial score (nSPS) is 12.5. The number of allylic oxidation sites excluding steroid dienone is 2. The lowest BCUT2D eigenvalue weighted by molar-refractivity contribution is -0.111. The first-order valence-electron chi connectivity index (χ1n) is 7.88. The summed E-state index contributed by atoms with van der Waals surface area (Å²) in [5, 5.41) is 20.2. The van der Waals surface area contributed by atoms with E-state index in [0.717, 1.165) is 0 Å². The first kappa shape index (κ1) is 19.5. The van der Waals surface area contributed by atoms with Crippen molar-refractivity contribution < 1.29 is 23.4 Å². The van der Waals surface area contributed by atoms with Crippen molar-refractivity contribution in [1.29, 1.82) is 0 Å². The Morgan fingerprint density at radius 3 is 2.12 bits per heavy atom. The Bertz CT molecular complexity index is 988. The van der Waals surface area contributed by atoms with Crippen LogP contribution in [0.3, 0.4) is 0 Å². The number of carbonyl (C=O) groups is 1. The number of Topliss-reactive ketones (excluding diaryl/α,β-unsaturated/α-hetero) is 1. The second kappa shape index (κ2) is 7.21. The van der Waals surface area contributed by atoms with Gasteiger partial charge < -0.3 is 10.2 Å². The topological polar surface area (TPSA) is 104 Å². The highest BCUT2D eigenvalue weighted by Crippen LogP contribution is 2.37. The van der Waals surface area contributed by atoms with E-state index in [1.165, 1.54) is 32.0 Å². The molecule has 0 aliphatic heterocycles. The van der Waals surface area contributed by atoms with Crippen molar-refractivity contribution in [3.63, 3.8) is 0 Å². The SMILES string of the molecule is CC(=O)C(=C(C)O)c1cc(NS(=O)(=O)c2ccccc2)c(C)c(C)c1O. The Hall–Kier alpha value is -2.80. The van der Waals surface area contributed by atoms with E-state index < -0.39 is 15.8 Å². The van der Waals surface area contributed by atoms with Gasteiger partial charge in [0.15, 0.2) is 5.78 Å². The Balaban J connectivity index is 2.65. The molecule has 0 amide bonds. The van der Waals surface area contributed by atoms with Gasteiger partial charge in [-0.3, -0.25) is 9.52 Å². The summed E-state index contributed by atoms with van der Waals surface area (Å²) in [6, 6.07) is 9.21. The molecule has 138 valence electrons. The van der Waals surface area contributed by atoms with E-state index in [9.17, 15) is 23.4 Å². The number of benzene rings is 2. The molecule has 2 aromatic carbocycles. The highest BCUT2D eigenvalue weighted by Gasteiger charge is 2.22. The molecule has 0 spiro atoms. The second-order valence-electron chi connectivity index (χ2n) is 6.01. The van der Waals surface area contributed by atoms with Crippen LogP contribution in [-0.4, -0.2) is 24.4 Å². The number of anilines is 1. The van der Waals surface area contributed by atoms with Crippen molar-refractivity contribution >= 4 is 27.1 Å². The van der Waals surface area contributed by atoms with Crippen molar-refractivity contribution in [2.75, 3.05) is 4.72 Å². The van der Waals surface area contributed by atoms with Gasteiger partial charge in [-0.1, -0.05) is 18.2 Å². The van der Waals surface area contributed by atoms with E-state index in [1.54, 1.807) is 32.0 Å². The number of aliphatic hydroxyl groups is 1. The maximum absolute atomic E-state index is 12.6. The number of ketones is 1. The number of phenols is 1. The molecule has 0 saturated carbocycles. The van der Waals surface area contributed by atoms with Crippen molar-refractivity contribution in [3.05, 3.63) is 58.8 Å². The van der Waals surface area contributed by atoms with E-state index in [0.29, 0.717) is 11.1 Å². The van der Waals surface area contributed by atoms with Crippen molar-refractivity contribution in [2.45, 2.75) is 32.6 Å². The highest BCUT2D eigenvalue weighted by atomic mass is 32.2. The summed E-state index contributed by atoms with van der Waals surface area (Å²) in [6.45, 7) is 5.86. The number of hydrogen-bond acceptors (Lipinski definition) is 5. The molecule has 3 N–H and O–H groups in total. The number of carbonyl (C=O) groups excluding carboxylic acids is 1. The number of aliphatic hydroxyl groups excluding tert-OH is 1. The summed E-state index contributed by atoms with van der Waals surface area (Å²) < 4.78 is 27.7. The van der Waals surface area contributed by atoms with Gasteiger partial charge in [0.2, 0.25) is 0 Å². The Labute approximate surface area is 152 Å². The van der Waals surface area contributed by atoms with Crippen LogP contribution in [0.25, 0.3) is 5.57 Å². The summed E-state index contributed by atoms with van der Waals surface area (Å²) in [7, 11) is -3.84. The van der Waals surface area contributed by atoms with Crippen molar-refractivity contribution in [1.82, 2.24) is 0 Å². The van der Waals surface area contributed by atoms with Crippen LogP contribution in [0.4, 0.5) is 5.69 Å². The fourth-order valence-corrected chi connectivity index (χ4v) is 3.78.